The first-order valence-corrected chi connectivity index (χ1v) is 9.26. The van der Waals surface area contributed by atoms with Crippen LogP contribution in [0.15, 0.2) is 24.3 Å². The Kier molecular flexibility index (Phi) is 5.14. The van der Waals surface area contributed by atoms with Gasteiger partial charge in [0.15, 0.2) is 5.82 Å². The fourth-order valence-electron chi connectivity index (χ4n) is 2.88. The molecule has 1 amide bonds. The van der Waals surface area contributed by atoms with Crippen LogP contribution in [-0.2, 0) is 11.2 Å². The Hall–Kier alpha value is -1.95. The van der Waals surface area contributed by atoms with Gasteiger partial charge in [0.2, 0.25) is 5.91 Å². The Morgan fingerprint density at radius 1 is 1.33 bits per heavy atom. The van der Waals surface area contributed by atoms with Crippen LogP contribution in [0.3, 0.4) is 0 Å². The average molecular weight is 344 g/mol. The lowest BCUT2D eigenvalue weighted by Gasteiger charge is -2.17. The fourth-order valence-corrected chi connectivity index (χ4v) is 3.90. The van der Waals surface area contributed by atoms with E-state index in [1.54, 1.807) is 11.3 Å². The van der Waals surface area contributed by atoms with Gasteiger partial charge in [-0.1, -0.05) is 13.8 Å². The Morgan fingerprint density at radius 2 is 2.17 bits per heavy atom. The minimum absolute atomic E-state index is 0.106. The molecule has 1 atom stereocenters. The zero-order chi connectivity index (χ0) is 17.1. The summed E-state index contributed by atoms with van der Waals surface area (Å²) in [6.07, 6.45) is 1.42. The summed E-state index contributed by atoms with van der Waals surface area (Å²) >= 11 is 1.74. The molecule has 2 aromatic heterocycles. The van der Waals surface area contributed by atoms with Crippen molar-refractivity contribution in [2.45, 2.75) is 45.6 Å². The third-order valence-electron chi connectivity index (χ3n) is 4.25. The number of hydrogen-bond donors (Lipinski definition) is 1. The van der Waals surface area contributed by atoms with Crippen LogP contribution in [0.2, 0.25) is 0 Å². The van der Waals surface area contributed by atoms with Crippen LogP contribution >= 0.6 is 11.3 Å². The van der Waals surface area contributed by atoms with E-state index >= 15 is 0 Å². The zero-order valence-electron chi connectivity index (χ0n) is 14.5. The standard InChI is InChI=1S/C18H24N4OS/c1-12(2)16-6-5-15(24-16)10-18(23)19-14-8-9-22(11-14)17-7-4-13(3)20-21-17/h4-7,12,14H,8-11H2,1-3H3,(H,19,23)/t14-/m1/s1. The van der Waals surface area contributed by atoms with E-state index in [0.29, 0.717) is 12.3 Å². The van der Waals surface area contributed by atoms with Gasteiger partial charge in [0.25, 0.3) is 0 Å². The lowest BCUT2D eigenvalue weighted by molar-refractivity contribution is -0.120. The summed E-state index contributed by atoms with van der Waals surface area (Å²) in [5, 5.41) is 11.5. The van der Waals surface area contributed by atoms with Crippen molar-refractivity contribution in [2.24, 2.45) is 0 Å². The summed E-state index contributed by atoms with van der Waals surface area (Å²) in [7, 11) is 0. The van der Waals surface area contributed by atoms with Gasteiger partial charge in [-0.15, -0.1) is 16.4 Å². The van der Waals surface area contributed by atoms with Gasteiger partial charge >= 0.3 is 0 Å². The molecule has 0 bridgehead atoms. The molecule has 5 nitrogen and oxygen atoms in total. The number of carbonyl (C=O) groups excluding carboxylic acids is 1. The molecular weight excluding hydrogens is 320 g/mol. The van der Waals surface area contributed by atoms with Crippen LogP contribution in [0.5, 0.6) is 0 Å². The predicted octanol–water partition coefficient (Wildman–Crippen LogP) is 2.91. The van der Waals surface area contributed by atoms with Crippen molar-refractivity contribution < 1.29 is 4.79 Å². The minimum atomic E-state index is 0.106. The van der Waals surface area contributed by atoms with E-state index in [2.05, 4.69) is 46.4 Å². The minimum Gasteiger partial charge on any atom is -0.353 e. The lowest BCUT2D eigenvalue weighted by atomic mass is 10.2. The van der Waals surface area contributed by atoms with E-state index in [1.807, 2.05) is 19.1 Å². The maximum atomic E-state index is 12.3. The molecule has 1 N–H and O–H groups in total. The van der Waals surface area contributed by atoms with Crippen molar-refractivity contribution in [3.63, 3.8) is 0 Å². The molecule has 0 radical (unpaired) electrons. The van der Waals surface area contributed by atoms with Gasteiger partial charge in [0, 0.05) is 28.9 Å². The molecule has 1 fully saturated rings. The highest BCUT2D eigenvalue weighted by Gasteiger charge is 2.25. The first-order chi connectivity index (χ1) is 11.5. The highest BCUT2D eigenvalue weighted by molar-refractivity contribution is 7.12. The van der Waals surface area contributed by atoms with E-state index in [-0.39, 0.29) is 11.9 Å². The maximum Gasteiger partial charge on any atom is 0.225 e. The smallest absolute Gasteiger partial charge is 0.225 e. The third kappa shape index (κ3) is 4.12. The van der Waals surface area contributed by atoms with Crippen molar-refractivity contribution in [2.75, 3.05) is 18.0 Å². The topological polar surface area (TPSA) is 58.1 Å². The fraction of sp³-hybridized carbons (Fsp3) is 0.500. The number of aryl methyl sites for hydroxylation is 1. The molecule has 0 spiro atoms. The Bertz CT molecular complexity index is 695. The number of thiophene rings is 1. The summed E-state index contributed by atoms with van der Waals surface area (Å²) in [4.78, 5) is 16.9. The first-order valence-electron chi connectivity index (χ1n) is 8.44. The van der Waals surface area contributed by atoms with Gasteiger partial charge in [-0.05, 0) is 43.5 Å². The number of aromatic nitrogens is 2. The van der Waals surface area contributed by atoms with E-state index in [1.165, 1.54) is 4.88 Å². The SMILES string of the molecule is Cc1ccc(N2CC[C@@H](NC(=O)Cc3ccc(C(C)C)s3)C2)nn1. The van der Waals surface area contributed by atoms with Crippen LogP contribution in [0.1, 0.15) is 41.6 Å². The monoisotopic (exact) mass is 344 g/mol. The van der Waals surface area contributed by atoms with Gasteiger partial charge in [-0.3, -0.25) is 4.79 Å². The van der Waals surface area contributed by atoms with Crippen molar-refractivity contribution in [1.29, 1.82) is 0 Å². The van der Waals surface area contributed by atoms with Gasteiger partial charge < -0.3 is 10.2 Å². The predicted molar refractivity (Wildman–Crippen MR) is 97.6 cm³/mol. The Morgan fingerprint density at radius 3 is 2.83 bits per heavy atom. The second-order valence-corrected chi connectivity index (χ2v) is 7.87. The molecule has 0 aliphatic carbocycles. The molecule has 0 saturated carbocycles. The highest BCUT2D eigenvalue weighted by atomic mass is 32.1. The molecule has 6 heteroatoms. The van der Waals surface area contributed by atoms with E-state index in [0.717, 1.165) is 35.9 Å². The Balaban J connectivity index is 1.51. The van der Waals surface area contributed by atoms with E-state index in [9.17, 15) is 4.79 Å². The highest BCUT2D eigenvalue weighted by Crippen LogP contribution is 2.24. The summed E-state index contributed by atoms with van der Waals surface area (Å²) in [5.74, 6) is 1.51. The molecule has 0 unspecified atom stereocenters. The number of carbonyl (C=O) groups is 1. The molecular formula is C18H24N4OS. The van der Waals surface area contributed by atoms with Gasteiger partial charge in [-0.25, -0.2) is 0 Å². The number of nitrogens with zero attached hydrogens (tertiary/aromatic N) is 3. The molecule has 1 saturated heterocycles. The third-order valence-corrected chi connectivity index (χ3v) is 5.63. The van der Waals surface area contributed by atoms with Crippen LogP contribution < -0.4 is 10.2 Å². The van der Waals surface area contributed by atoms with Crippen molar-refractivity contribution in [3.8, 4) is 0 Å². The lowest BCUT2D eigenvalue weighted by Crippen LogP contribution is -2.38. The normalized spacial score (nSPS) is 17.5. The first kappa shape index (κ1) is 16.9. The maximum absolute atomic E-state index is 12.3. The molecule has 1 aliphatic heterocycles. The average Bonchev–Trinajstić information content (AvgIpc) is 3.17. The number of anilines is 1. The molecule has 0 aromatic carbocycles. The van der Waals surface area contributed by atoms with Gasteiger partial charge in [-0.2, -0.15) is 5.10 Å². The largest absolute Gasteiger partial charge is 0.353 e. The molecule has 1 aliphatic rings. The summed E-state index contributed by atoms with van der Waals surface area (Å²) < 4.78 is 0. The van der Waals surface area contributed by atoms with Crippen molar-refractivity contribution in [3.05, 3.63) is 39.7 Å². The number of rotatable bonds is 5. The van der Waals surface area contributed by atoms with Crippen LogP contribution in [0.25, 0.3) is 0 Å². The van der Waals surface area contributed by atoms with Crippen molar-refractivity contribution >= 4 is 23.1 Å². The quantitative estimate of drug-likeness (QED) is 0.906. The summed E-state index contributed by atoms with van der Waals surface area (Å²) in [6.45, 7) is 7.98. The second kappa shape index (κ2) is 7.30. The van der Waals surface area contributed by atoms with E-state index < -0.39 is 0 Å². The summed E-state index contributed by atoms with van der Waals surface area (Å²) in [5.41, 5.74) is 0.916. The number of nitrogens with one attached hydrogen (secondary N) is 1. The second-order valence-electron chi connectivity index (χ2n) is 6.67. The molecule has 3 rings (SSSR count). The van der Waals surface area contributed by atoms with Gasteiger partial charge in [0.05, 0.1) is 12.1 Å². The van der Waals surface area contributed by atoms with Gasteiger partial charge in [0.1, 0.15) is 0 Å². The van der Waals surface area contributed by atoms with Crippen LogP contribution in [-0.4, -0.2) is 35.2 Å². The van der Waals surface area contributed by atoms with Crippen LogP contribution in [0, 0.1) is 6.92 Å². The Labute approximate surface area is 147 Å². The van der Waals surface area contributed by atoms with Crippen LogP contribution in [0.4, 0.5) is 5.82 Å². The zero-order valence-corrected chi connectivity index (χ0v) is 15.3. The number of amides is 1. The number of hydrogen-bond acceptors (Lipinski definition) is 5. The van der Waals surface area contributed by atoms with E-state index in [4.69, 9.17) is 0 Å². The molecule has 24 heavy (non-hydrogen) atoms. The van der Waals surface area contributed by atoms with Crippen molar-refractivity contribution in [1.82, 2.24) is 15.5 Å². The molecule has 3 heterocycles. The summed E-state index contributed by atoms with van der Waals surface area (Å²) in [6, 6.07) is 8.35. The molecule has 128 valence electrons. The molecule has 2 aromatic rings.